The maximum Gasteiger partial charge on any atom is 0.407 e. The molecule has 0 aliphatic carbocycles. The highest BCUT2D eigenvalue weighted by Gasteiger charge is 2.16. The lowest BCUT2D eigenvalue weighted by molar-refractivity contribution is 0.0525. The topological polar surface area (TPSA) is 130 Å². The second kappa shape index (κ2) is 9.02. The van der Waals surface area contributed by atoms with Crippen LogP contribution in [0.4, 0.5) is 10.5 Å². The number of hydrogen-bond acceptors (Lipinski definition) is 9. The van der Waals surface area contributed by atoms with Crippen LogP contribution in [-0.4, -0.2) is 50.1 Å². The molecule has 4 aromatic rings. The molecule has 1 amide bonds. The fourth-order valence-corrected chi connectivity index (χ4v) is 4.28. The number of alkyl carbamates (subject to hydrolysis) is 1. The molecule has 0 bridgehead atoms. The van der Waals surface area contributed by atoms with Crippen molar-refractivity contribution in [3.8, 4) is 27.6 Å². The molecular formula is C22H25N7O3S. The van der Waals surface area contributed by atoms with Crippen molar-refractivity contribution < 1.29 is 14.3 Å². The van der Waals surface area contributed by atoms with E-state index in [9.17, 15) is 4.79 Å². The van der Waals surface area contributed by atoms with Gasteiger partial charge in [0.05, 0.1) is 41.4 Å². The van der Waals surface area contributed by atoms with Crippen molar-refractivity contribution in [2.75, 3.05) is 19.4 Å². The van der Waals surface area contributed by atoms with Crippen molar-refractivity contribution in [2.45, 2.75) is 32.9 Å². The molecule has 11 heteroatoms. The van der Waals surface area contributed by atoms with Crippen LogP contribution in [-0.2, 0) is 11.3 Å². The van der Waals surface area contributed by atoms with Gasteiger partial charge in [0, 0.05) is 34.9 Å². The molecule has 4 rings (SSSR count). The number of nitrogens with two attached hydrogens (primary N) is 1. The Hall–Kier alpha value is -3.73. The summed E-state index contributed by atoms with van der Waals surface area (Å²) in [6.07, 6.45) is 6.46. The van der Waals surface area contributed by atoms with Gasteiger partial charge in [0.2, 0.25) is 5.88 Å². The van der Waals surface area contributed by atoms with E-state index in [2.05, 4.69) is 25.4 Å². The zero-order chi connectivity index (χ0) is 23.6. The number of nitrogens with zero attached hydrogens (tertiary/aromatic N) is 5. The quantitative estimate of drug-likeness (QED) is 0.439. The van der Waals surface area contributed by atoms with Gasteiger partial charge in [-0.25, -0.2) is 19.7 Å². The Morgan fingerprint density at radius 1 is 1.18 bits per heavy atom. The minimum atomic E-state index is -0.533. The summed E-state index contributed by atoms with van der Waals surface area (Å²) >= 11 is 1.56. The zero-order valence-corrected chi connectivity index (χ0v) is 19.6. The summed E-state index contributed by atoms with van der Waals surface area (Å²) in [7, 11) is 1.54. The van der Waals surface area contributed by atoms with Gasteiger partial charge in [-0.3, -0.25) is 4.68 Å². The number of nitrogens with one attached hydrogen (secondary N) is 1. The molecule has 0 radical (unpaired) electrons. The maximum atomic E-state index is 11.8. The van der Waals surface area contributed by atoms with Crippen LogP contribution in [0.25, 0.3) is 31.9 Å². The number of aromatic nitrogens is 5. The second-order valence-electron chi connectivity index (χ2n) is 8.29. The first-order chi connectivity index (χ1) is 15.7. The van der Waals surface area contributed by atoms with Crippen LogP contribution >= 0.6 is 11.3 Å². The molecule has 10 nitrogen and oxygen atoms in total. The number of carbonyl (C=O) groups excluding carboxylic acids is 1. The highest BCUT2D eigenvalue weighted by molar-refractivity contribution is 7.22. The number of hydrogen-bond donors (Lipinski definition) is 2. The lowest BCUT2D eigenvalue weighted by atomic mass is 10.2. The van der Waals surface area contributed by atoms with Gasteiger partial charge < -0.3 is 20.5 Å². The molecule has 0 atom stereocenters. The molecule has 0 aromatic carbocycles. The van der Waals surface area contributed by atoms with Crippen LogP contribution in [0.3, 0.4) is 0 Å². The van der Waals surface area contributed by atoms with E-state index in [4.69, 9.17) is 15.2 Å². The van der Waals surface area contributed by atoms with Crippen molar-refractivity contribution >= 4 is 33.3 Å². The largest absolute Gasteiger partial charge is 0.480 e. The number of anilines is 1. The first-order valence-electron chi connectivity index (χ1n) is 10.3. The highest BCUT2D eigenvalue weighted by atomic mass is 32.1. The minimum Gasteiger partial charge on any atom is -0.480 e. The highest BCUT2D eigenvalue weighted by Crippen LogP contribution is 2.38. The Balaban J connectivity index is 1.52. The number of ether oxygens (including phenoxy) is 2. The fourth-order valence-electron chi connectivity index (χ4n) is 3.17. The van der Waals surface area contributed by atoms with Crippen LogP contribution in [0, 0.1) is 0 Å². The summed E-state index contributed by atoms with van der Waals surface area (Å²) in [5, 5.41) is 7.12. The van der Waals surface area contributed by atoms with E-state index >= 15 is 0 Å². The second-order valence-corrected chi connectivity index (χ2v) is 9.34. The lowest BCUT2D eigenvalue weighted by Gasteiger charge is -2.19. The smallest absolute Gasteiger partial charge is 0.407 e. The molecule has 33 heavy (non-hydrogen) atoms. The number of pyridine rings is 1. The van der Waals surface area contributed by atoms with Crippen molar-refractivity contribution in [1.29, 1.82) is 0 Å². The van der Waals surface area contributed by atoms with Gasteiger partial charge in [0.25, 0.3) is 0 Å². The molecule has 0 unspecified atom stereocenters. The average molecular weight is 468 g/mol. The molecule has 4 aromatic heterocycles. The summed E-state index contributed by atoms with van der Waals surface area (Å²) < 4.78 is 13.1. The third-order valence-electron chi connectivity index (χ3n) is 4.58. The minimum absolute atomic E-state index is 0.393. The van der Waals surface area contributed by atoms with Crippen molar-refractivity contribution in [1.82, 2.24) is 30.0 Å². The van der Waals surface area contributed by atoms with E-state index in [1.54, 1.807) is 28.4 Å². The van der Waals surface area contributed by atoms with E-state index in [1.807, 2.05) is 39.1 Å². The molecule has 0 saturated heterocycles. The molecule has 0 fully saturated rings. The normalized spacial score (nSPS) is 11.5. The Morgan fingerprint density at radius 3 is 2.73 bits per heavy atom. The van der Waals surface area contributed by atoms with Gasteiger partial charge >= 0.3 is 6.09 Å². The van der Waals surface area contributed by atoms with Gasteiger partial charge in [-0.2, -0.15) is 5.10 Å². The molecule has 4 heterocycles. The molecular weight excluding hydrogens is 442 g/mol. The van der Waals surface area contributed by atoms with Gasteiger partial charge in [-0.05, 0) is 32.9 Å². The molecule has 0 aliphatic rings. The first-order valence-corrected chi connectivity index (χ1v) is 11.1. The van der Waals surface area contributed by atoms with Crippen molar-refractivity contribution in [3.05, 3.63) is 37.1 Å². The summed E-state index contributed by atoms with van der Waals surface area (Å²) in [5.41, 5.74) is 9.32. The maximum absolute atomic E-state index is 11.8. The van der Waals surface area contributed by atoms with Crippen LogP contribution in [0.15, 0.2) is 37.1 Å². The van der Waals surface area contributed by atoms with Gasteiger partial charge in [0.1, 0.15) is 11.9 Å². The number of carbonyl (C=O) groups is 1. The number of thiophene rings is 1. The van der Waals surface area contributed by atoms with Crippen LogP contribution in [0.2, 0.25) is 0 Å². The predicted octanol–water partition coefficient (Wildman–Crippen LogP) is 3.73. The van der Waals surface area contributed by atoms with Crippen molar-refractivity contribution in [3.63, 3.8) is 0 Å². The standard InChI is InChI=1S/C22H25N7O3S/c1-22(2,3)32-21(30)24-5-6-29-11-14(10-28-29)18-19-16(26-12-27-18)8-17(33-19)13-7-15(23)20(31-4)25-9-13/h7-12H,5-6,23H2,1-4H3,(H,24,30). The third kappa shape index (κ3) is 5.20. The summed E-state index contributed by atoms with van der Waals surface area (Å²) in [5.74, 6) is 0.397. The Kier molecular flexibility index (Phi) is 6.14. The molecule has 172 valence electrons. The summed E-state index contributed by atoms with van der Waals surface area (Å²) in [4.78, 5) is 25.9. The lowest BCUT2D eigenvalue weighted by Crippen LogP contribution is -2.34. The molecule has 3 N–H and O–H groups in total. The molecule has 0 spiro atoms. The number of amides is 1. The van der Waals surface area contributed by atoms with E-state index < -0.39 is 11.7 Å². The Labute approximate surface area is 194 Å². The Morgan fingerprint density at radius 2 is 2.00 bits per heavy atom. The fraction of sp³-hybridized carbons (Fsp3) is 0.318. The van der Waals surface area contributed by atoms with E-state index in [1.165, 1.54) is 13.4 Å². The third-order valence-corrected chi connectivity index (χ3v) is 5.76. The van der Waals surface area contributed by atoms with Crippen LogP contribution < -0.4 is 15.8 Å². The van der Waals surface area contributed by atoms with E-state index in [0.717, 1.165) is 31.9 Å². The van der Waals surface area contributed by atoms with E-state index in [-0.39, 0.29) is 0 Å². The van der Waals surface area contributed by atoms with E-state index in [0.29, 0.717) is 24.7 Å². The molecule has 0 saturated carbocycles. The van der Waals surface area contributed by atoms with Crippen LogP contribution in [0.5, 0.6) is 5.88 Å². The van der Waals surface area contributed by atoms with Crippen molar-refractivity contribution in [2.24, 2.45) is 0 Å². The Bertz CT molecular complexity index is 1290. The average Bonchev–Trinajstić information content (AvgIpc) is 3.39. The van der Waals surface area contributed by atoms with Gasteiger partial charge in [-0.1, -0.05) is 0 Å². The first kappa shape index (κ1) is 22.5. The summed E-state index contributed by atoms with van der Waals surface area (Å²) in [6, 6.07) is 3.82. The number of nitrogen functional groups attached to an aromatic ring is 1. The number of fused-ring (bicyclic) bond motifs is 1. The summed E-state index contributed by atoms with van der Waals surface area (Å²) in [6.45, 7) is 6.37. The van der Waals surface area contributed by atoms with Gasteiger partial charge in [-0.15, -0.1) is 11.3 Å². The SMILES string of the molecule is COc1ncc(-c2cc3ncnc(-c4cnn(CCNC(=O)OC(C)(C)C)c4)c3s2)cc1N. The van der Waals surface area contributed by atoms with Gasteiger partial charge in [0.15, 0.2) is 0 Å². The predicted molar refractivity (Wildman–Crippen MR) is 127 cm³/mol. The van der Waals surface area contributed by atoms with Crippen LogP contribution in [0.1, 0.15) is 20.8 Å². The number of rotatable bonds is 6. The molecule has 0 aliphatic heterocycles. The zero-order valence-electron chi connectivity index (χ0n) is 18.8. The monoisotopic (exact) mass is 467 g/mol. The number of methoxy groups -OCH3 is 1.